The summed E-state index contributed by atoms with van der Waals surface area (Å²) in [5.41, 5.74) is 5.51. The Morgan fingerprint density at radius 2 is 2.05 bits per heavy atom. The fourth-order valence-corrected chi connectivity index (χ4v) is 2.58. The van der Waals surface area contributed by atoms with E-state index in [9.17, 15) is 4.79 Å². The first-order valence-electron chi connectivity index (χ1n) is 8.23. The molecule has 2 unspecified atom stereocenters. The van der Waals surface area contributed by atoms with Gasteiger partial charge < -0.3 is 15.8 Å². The number of rotatable bonds is 8. The third-order valence-electron chi connectivity index (χ3n) is 3.77. The molecule has 0 spiro atoms. The second-order valence-corrected chi connectivity index (χ2v) is 7.06. The van der Waals surface area contributed by atoms with Crippen LogP contribution in [-0.4, -0.2) is 47.8 Å². The molecule has 1 fully saturated rings. The summed E-state index contributed by atoms with van der Waals surface area (Å²) in [5, 5.41) is 2.94. The molecule has 0 aromatic carbocycles. The lowest BCUT2D eigenvalue weighted by Gasteiger charge is -2.35. The van der Waals surface area contributed by atoms with Gasteiger partial charge in [-0.3, -0.25) is 4.90 Å². The third-order valence-corrected chi connectivity index (χ3v) is 3.77. The maximum Gasteiger partial charge on any atom is 0.407 e. The summed E-state index contributed by atoms with van der Waals surface area (Å²) < 4.78 is 5.33. The van der Waals surface area contributed by atoms with Crippen molar-refractivity contribution in [1.29, 1.82) is 0 Å². The highest BCUT2D eigenvalue weighted by atomic mass is 16.6. The molecule has 1 rings (SSSR count). The van der Waals surface area contributed by atoms with Crippen LogP contribution < -0.4 is 11.1 Å². The first kappa shape index (κ1) is 18.2. The zero-order chi connectivity index (χ0) is 16.0. The Morgan fingerprint density at radius 1 is 1.43 bits per heavy atom. The SMILES string of the molecule is CCCCN(C1CC1)C(CN)C(C)NC(=O)OC(C)(C)C. The minimum Gasteiger partial charge on any atom is -0.444 e. The van der Waals surface area contributed by atoms with Crippen molar-refractivity contribution < 1.29 is 9.53 Å². The van der Waals surface area contributed by atoms with E-state index in [2.05, 4.69) is 17.1 Å². The van der Waals surface area contributed by atoms with Crippen LogP contribution in [0.2, 0.25) is 0 Å². The first-order valence-corrected chi connectivity index (χ1v) is 8.23. The highest BCUT2D eigenvalue weighted by Gasteiger charge is 2.35. The van der Waals surface area contributed by atoms with Gasteiger partial charge in [0.25, 0.3) is 0 Å². The van der Waals surface area contributed by atoms with Gasteiger partial charge in [0.1, 0.15) is 5.60 Å². The van der Waals surface area contributed by atoms with Crippen LogP contribution in [0.5, 0.6) is 0 Å². The van der Waals surface area contributed by atoms with Gasteiger partial charge in [-0.15, -0.1) is 0 Å². The minimum absolute atomic E-state index is 0.0118. The number of alkyl carbamates (subject to hydrolysis) is 1. The second-order valence-electron chi connectivity index (χ2n) is 7.06. The van der Waals surface area contributed by atoms with Crippen LogP contribution in [0.3, 0.4) is 0 Å². The average molecular weight is 299 g/mol. The highest BCUT2D eigenvalue weighted by molar-refractivity contribution is 5.68. The minimum atomic E-state index is -0.472. The molecule has 1 amide bonds. The molecule has 0 saturated heterocycles. The Hall–Kier alpha value is -0.810. The monoisotopic (exact) mass is 299 g/mol. The predicted molar refractivity (Wildman–Crippen MR) is 86.3 cm³/mol. The Bertz CT molecular complexity index is 324. The van der Waals surface area contributed by atoms with Crippen molar-refractivity contribution in [3.8, 4) is 0 Å². The normalized spacial score (nSPS) is 18.4. The zero-order valence-electron chi connectivity index (χ0n) is 14.3. The molecule has 0 aromatic heterocycles. The molecule has 5 nitrogen and oxygen atoms in total. The van der Waals surface area contributed by atoms with Crippen LogP contribution in [0.25, 0.3) is 0 Å². The van der Waals surface area contributed by atoms with E-state index in [0.717, 1.165) is 6.54 Å². The van der Waals surface area contributed by atoms with E-state index in [1.807, 2.05) is 27.7 Å². The zero-order valence-corrected chi connectivity index (χ0v) is 14.3. The van der Waals surface area contributed by atoms with Crippen molar-refractivity contribution in [3.05, 3.63) is 0 Å². The molecule has 3 N–H and O–H groups in total. The Balaban J connectivity index is 2.57. The van der Waals surface area contributed by atoms with Crippen molar-refractivity contribution in [1.82, 2.24) is 10.2 Å². The molecule has 124 valence electrons. The Labute approximate surface area is 129 Å². The average Bonchev–Trinajstić information content (AvgIpc) is 3.15. The number of ether oxygens (including phenoxy) is 1. The van der Waals surface area contributed by atoms with Gasteiger partial charge in [-0.05, 0) is 53.5 Å². The molecule has 0 heterocycles. The lowest BCUT2D eigenvalue weighted by atomic mass is 10.1. The number of carbonyl (C=O) groups is 1. The molecular formula is C16H33N3O2. The maximum atomic E-state index is 11.9. The van der Waals surface area contributed by atoms with Gasteiger partial charge in [-0.2, -0.15) is 0 Å². The van der Waals surface area contributed by atoms with Gasteiger partial charge in [-0.25, -0.2) is 4.79 Å². The van der Waals surface area contributed by atoms with Crippen LogP contribution >= 0.6 is 0 Å². The Morgan fingerprint density at radius 3 is 2.48 bits per heavy atom. The Kier molecular flexibility index (Phi) is 6.94. The van der Waals surface area contributed by atoms with Crippen molar-refractivity contribution in [2.45, 2.75) is 84.0 Å². The summed E-state index contributed by atoms with van der Waals surface area (Å²) in [6.45, 7) is 11.4. The number of hydrogen-bond donors (Lipinski definition) is 2. The third kappa shape index (κ3) is 6.66. The van der Waals surface area contributed by atoms with Crippen LogP contribution in [0.15, 0.2) is 0 Å². The van der Waals surface area contributed by atoms with Gasteiger partial charge >= 0.3 is 6.09 Å². The molecular weight excluding hydrogens is 266 g/mol. The van der Waals surface area contributed by atoms with Crippen molar-refractivity contribution in [2.75, 3.05) is 13.1 Å². The lowest BCUT2D eigenvalue weighted by molar-refractivity contribution is 0.0465. The fraction of sp³-hybridized carbons (Fsp3) is 0.938. The highest BCUT2D eigenvalue weighted by Crippen LogP contribution is 2.29. The summed E-state index contributed by atoms with van der Waals surface area (Å²) >= 11 is 0. The summed E-state index contributed by atoms with van der Waals surface area (Å²) in [5.74, 6) is 0. The molecule has 1 saturated carbocycles. The van der Waals surface area contributed by atoms with Crippen molar-refractivity contribution in [2.24, 2.45) is 5.73 Å². The number of amides is 1. The van der Waals surface area contributed by atoms with Gasteiger partial charge in [0.2, 0.25) is 0 Å². The maximum absolute atomic E-state index is 11.9. The molecule has 0 radical (unpaired) electrons. The molecule has 1 aliphatic rings. The summed E-state index contributed by atoms with van der Waals surface area (Å²) in [6, 6.07) is 0.812. The van der Waals surface area contributed by atoms with E-state index in [-0.39, 0.29) is 18.2 Å². The number of nitrogens with zero attached hydrogens (tertiary/aromatic N) is 1. The summed E-state index contributed by atoms with van der Waals surface area (Å²) in [6.07, 6.45) is 4.49. The summed E-state index contributed by atoms with van der Waals surface area (Å²) in [7, 11) is 0. The van der Waals surface area contributed by atoms with Crippen molar-refractivity contribution in [3.63, 3.8) is 0 Å². The molecule has 0 aliphatic heterocycles. The van der Waals surface area contributed by atoms with Gasteiger partial charge in [0.15, 0.2) is 0 Å². The van der Waals surface area contributed by atoms with E-state index in [4.69, 9.17) is 10.5 Å². The fourth-order valence-electron chi connectivity index (χ4n) is 2.58. The lowest BCUT2D eigenvalue weighted by Crippen LogP contribution is -2.55. The molecule has 0 aromatic rings. The van der Waals surface area contributed by atoms with Gasteiger partial charge in [0, 0.05) is 24.7 Å². The van der Waals surface area contributed by atoms with Crippen LogP contribution in [0, 0.1) is 0 Å². The number of carbonyl (C=O) groups excluding carboxylic acids is 1. The van der Waals surface area contributed by atoms with E-state index in [0.29, 0.717) is 12.6 Å². The van der Waals surface area contributed by atoms with E-state index >= 15 is 0 Å². The number of hydrogen-bond acceptors (Lipinski definition) is 4. The van der Waals surface area contributed by atoms with Gasteiger partial charge in [-0.1, -0.05) is 13.3 Å². The first-order chi connectivity index (χ1) is 9.78. The van der Waals surface area contributed by atoms with Crippen molar-refractivity contribution >= 4 is 6.09 Å². The van der Waals surface area contributed by atoms with Crippen LogP contribution in [0.4, 0.5) is 4.79 Å². The van der Waals surface area contributed by atoms with E-state index in [1.165, 1.54) is 25.7 Å². The predicted octanol–water partition coefficient (Wildman–Crippen LogP) is 2.49. The smallest absolute Gasteiger partial charge is 0.407 e. The summed E-state index contributed by atoms with van der Waals surface area (Å²) in [4.78, 5) is 14.4. The van der Waals surface area contributed by atoms with E-state index < -0.39 is 5.60 Å². The van der Waals surface area contributed by atoms with Crippen LogP contribution in [-0.2, 0) is 4.74 Å². The largest absolute Gasteiger partial charge is 0.444 e. The molecule has 2 atom stereocenters. The number of nitrogens with two attached hydrogens (primary N) is 1. The van der Waals surface area contributed by atoms with Crippen LogP contribution in [0.1, 0.15) is 60.3 Å². The molecule has 21 heavy (non-hydrogen) atoms. The van der Waals surface area contributed by atoms with Gasteiger partial charge in [0.05, 0.1) is 0 Å². The van der Waals surface area contributed by atoms with E-state index in [1.54, 1.807) is 0 Å². The standard InChI is InChI=1S/C16H33N3O2/c1-6-7-10-19(13-8-9-13)14(11-17)12(2)18-15(20)21-16(3,4)5/h12-14H,6-11,17H2,1-5H3,(H,18,20). The number of nitrogens with one attached hydrogen (secondary N) is 1. The topological polar surface area (TPSA) is 67.6 Å². The second kappa shape index (κ2) is 7.99. The number of unbranched alkanes of at least 4 members (excludes halogenated alkanes) is 1. The molecule has 1 aliphatic carbocycles. The molecule has 5 heteroatoms. The molecule has 0 bridgehead atoms. The quantitative estimate of drug-likeness (QED) is 0.722.